The Morgan fingerprint density at radius 3 is 2.72 bits per heavy atom. The molecule has 1 saturated heterocycles. The number of carbonyl (C=O) groups is 1. The molecule has 2 heterocycles. The molecule has 1 N–H and O–H groups in total. The molecule has 132 valence electrons. The maximum atomic E-state index is 10.8. The normalized spacial score (nSPS) is 15.0. The molecule has 0 radical (unpaired) electrons. The first-order valence-electron chi connectivity index (χ1n) is 7.90. The molecule has 0 bridgehead atoms. The molecule has 0 atom stereocenters. The summed E-state index contributed by atoms with van der Waals surface area (Å²) >= 11 is 11.9. The predicted molar refractivity (Wildman–Crippen MR) is 96.2 cm³/mol. The summed E-state index contributed by atoms with van der Waals surface area (Å²) in [5.41, 5.74) is 2.88. The van der Waals surface area contributed by atoms with E-state index in [-0.39, 0.29) is 5.92 Å². The van der Waals surface area contributed by atoms with Gasteiger partial charge in [0.25, 0.3) is 0 Å². The van der Waals surface area contributed by atoms with E-state index in [9.17, 15) is 4.79 Å². The molecule has 1 aromatic carbocycles. The smallest absolute Gasteiger partial charge is 0.309 e. The first-order valence-corrected chi connectivity index (χ1v) is 8.65. The zero-order chi connectivity index (χ0) is 18.0. The lowest BCUT2D eigenvalue weighted by Crippen LogP contribution is -2.49. The van der Waals surface area contributed by atoms with Crippen molar-refractivity contribution in [3.8, 4) is 5.75 Å². The number of carboxylic acid groups (broad SMARTS) is 1. The van der Waals surface area contributed by atoms with E-state index in [0.717, 1.165) is 16.8 Å². The van der Waals surface area contributed by atoms with E-state index in [2.05, 4.69) is 9.88 Å². The second-order valence-corrected chi connectivity index (χ2v) is 7.02. The standard InChI is InChI=1S/C18H18Cl2N2O3/c1-11-4-14(25-10-12-2-3-15(19)16(20)5-12)6-21-17(11)9-22-7-13(8-22)18(23)24/h2-6,13H,7-10H2,1H3,(H,23,24). The van der Waals surface area contributed by atoms with Crippen LogP contribution in [0.15, 0.2) is 30.5 Å². The molecule has 3 rings (SSSR count). The van der Waals surface area contributed by atoms with E-state index < -0.39 is 5.97 Å². The summed E-state index contributed by atoms with van der Waals surface area (Å²) in [4.78, 5) is 17.4. The van der Waals surface area contributed by atoms with Crippen molar-refractivity contribution in [2.24, 2.45) is 5.92 Å². The second kappa shape index (κ2) is 7.60. The topological polar surface area (TPSA) is 62.7 Å². The molecule has 1 aliphatic rings. The van der Waals surface area contributed by atoms with Gasteiger partial charge in [-0.15, -0.1) is 0 Å². The van der Waals surface area contributed by atoms with Crippen molar-refractivity contribution in [2.75, 3.05) is 13.1 Å². The van der Waals surface area contributed by atoms with Gasteiger partial charge in [-0.1, -0.05) is 29.3 Å². The first kappa shape index (κ1) is 18.0. The van der Waals surface area contributed by atoms with Crippen LogP contribution in [0.25, 0.3) is 0 Å². The Hall–Kier alpha value is -1.82. The summed E-state index contributed by atoms with van der Waals surface area (Å²) in [6.07, 6.45) is 1.69. The zero-order valence-corrected chi connectivity index (χ0v) is 15.2. The highest BCUT2D eigenvalue weighted by molar-refractivity contribution is 6.42. The average Bonchev–Trinajstić information content (AvgIpc) is 2.52. The minimum absolute atomic E-state index is 0.255. The van der Waals surface area contributed by atoms with Gasteiger partial charge in [0.2, 0.25) is 0 Å². The number of aromatic nitrogens is 1. The lowest BCUT2D eigenvalue weighted by molar-refractivity contribution is -0.147. The minimum atomic E-state index is -0.730. The van der Waals surface area contributed by atoms with Crippen LogP contribution in [0, 0.1) is 12.8 Å². The van der Waals surface area contributed by atoms with E-state index in [4.69, 9.17) is 33.0 Å². The largest absolute Gasteiger partial charge is 0.487 e. The molecule has 1 fully saturated rings. The molecule has 0 spiro atoms. The Balaban J connectivity index is 1.56. The van der Waals surface area contributed by atoms with Crippen molar-refractivity contribution >= 4 is 29.2 Å². The molecule has 2 aromatic rings. The number of hydrogen-bond donors (Lipinski definition) is 1. The highest BCUT2D eigenvalue weighted by Crippen LogP contribution is 2.24. The first-order chi connectivity index (χ1) is 11.9. The van der Waals surface area contributed by atoms with Gasteiger partial charge in [-0.25, -0.2) is 0 Å². The van der Waals surface area contributed by atoms with Crippen LogP contribution >= 0.6 is 23.2 Å². The third-order valence-corrected chi connectivity index (χ3v) is 4.97. The number of pyridine rings is 1. The van der Waals surface area contributed by atoms with Crippen molar-refractivity contribution in [3.05, 3.63) is 57.3 Å². The van der Waals surface area contributed by atoms with Crippen molar-refractivity contribution in [1.29, 1.82) is 0 Å². The summed E-state index contributed by atoms with van der Waals surface area (Å²) in [5, 5.41) is 9.94. The van der Waals surface area contributed by atoms with Gasteiger partial charge in [-0.3, -0.25) is 14.7 Å². The molecule has 1 aromatic heterocycles. The number of hydrogen-bond acceptors (Lipinski definition) is 4. The van der Waals surface area contributed by atoms with Crippen LogP contribution < -0.4 is 4.74 Å². The Morgan fingerprint density at radius 1 is 1.32 bits per heavy atom. The zero-order valence-electron chi connectivity index (χ0n) is 13.7. The van der Waals surface area contributed by atoms with Crippen LogP contribution in [-0.4, -0.2) is 34.0 Å². The summed E-state index contributed by atoms with van der Waals surface area (Å²) < 4.78 is 5.76. The molecular weight excluding hydrogens is 363 g/mol. The number of halogens is 2. The van der Waals surface area contributed by atoms with Crippen LogP contribution in [0.4, 0.5) is 0 Å². The fourth-order valence-corrected chi connectivity index (χ4v) is 3.01. The Labute approximate surface area is 156 Å². The van der Waals surface area contributed by atoms with Crippen LogP contribution in [0.3, 0.4) is 0 Å². The molecule has 0 aliphatic carbocycles. The van der Waals surface area contributed by atoms with E-state index in [1.807, 2.05) is 19.1 Å². The van der Waals surface area contributed by atoms with Crippen molar-refractivity contribution < 1.29 is 14.6 Å². The fraction of sp³-hybridized carbons (Fsp3) is 0.333. The van der Waals surface area contributed by atoms with Gasteiger partial charge in [0, 0.05) is 19.6 Å². The van der Waals surface area contributed by atoms with Crippen molar-refractivity contribution in [2.45, 2.75) is 20.1 Å². The van der Waals surface area contributed by atoms with Crippen molar-refractivity contribution in [3.63, 3.8) is 0 Å². The lowest BCUT2D eigenvalue weighted by Gasteiger charge is -2.36. The number of rotatable bonds is 6. The molecule has 0 amide bonds. The predicted octanol–water partition coefficient (Wildman–Crippen LogP) is 3.79. The SMILES string of the molecule is Cc1cc(OCc2ccc(Cl)c(Cl)c2)cnc1CN1CC(C(=O)O)C1. The summed E-state index contributed by atoms with van der Waals surface area (Å²) in [7, 11) is 0. The van der Waals surface area contributed by atoms with Gasteiger partial charge in [0.15, 0.2) is 0 Å². The molecular formula is C18H18Cl2N2O3. The summed E-state index contributed by atoms with van der Waals surface area (Å²) in [5.74, 6) is -0.305. The average molecular weight is 381 g/mol. The van der Waals surface area contributed by atoms with E-state index in [1.165, 1.54) is 0 Å². The van der Waals surface area contributed by atoms with E-state index in [1.54, 1.807) is 18.3 Å². The molecule has 1 aliphatic heterocycles. The van der Waals surface area contributed by atoms with Crippen LogP contribution in [0.1, 0.15) is 16.8 Å². The number of benzene rings is 1. The van der Waals surface area contributed by atoms with Gasteiger partial charge < -0.3 is 9.84 Å². The quantitative estimate of drug-likeness (QED) is 0.825. The number of likely N-dealkylation sites (tertiary alicyclic amines) is 1. The lowest BCUT2D eigenvalue weighted by atomic mass is 10.00. The van der Waals surface area contributed by atoms with Gasteiger partial charge >= 0.3 is 5.97 Å². The molecule has 7 heteroatoms. The second-order valence-electron chi connectivity index (χ2n) is 6.20. The number of carboxylic acids is 1. The number of aliphatic carboxylic acids is 1. The third-order valence-electron chi connectivity index (χ3n) is 4.23. The van der Waals surface area contributed by atoms with Crippen LogP contribution in [-0.2, 0) is 17.9 Å². The summed E-state index contributed by atoms with van der Waals surface area (Å²) in [6, 6.07) is 7.33. The fourth-order valence-electron chi connectivity index (χ4n) is 2.68. The summed E-state index contributed by atoms with van der Waals surface area (Å²) in [6.45, 7) is 4.16. The van der Waals surface area contributed by atoms with Gasteiger partial charge in [0.1, 0.15) is 12.4 Å². The number of nitrogens with zero attached hydrogens (tertiary/aromatic N) is 2. The Bertz CT molecular complexity index is 792. The highest BCUT2D eigenvalue weighted by Gasteiger charge is 2.32. The van der Waals surface area contributed by atoms with Gasteiger partial charge in [-0.05, 0) is 36.2 Å². The Morgan fingerprint density at radius 2 is 2.08 bits per heavy atom. The van der Waals surface area contributed by atoms with Gasteiger partial charge in [-0.2, -0.15) is 0 Å². The Kier molecular flexibility index (Phi) is 5.47. The minimum Gasteiger partial charge on any atom is -0.487 e. The van der Waals surface area contributed by atoms with Crippen LogP contribution in [0.2, 0.25) is 10.0 Å². The van der Waals surface area contributed by atoms with Gasteiger partial charge in [0.05, 0.1) is 27.9 Å². The number of ether oxygens (including phenoxy) is 1. The maximum Gasteiger partial charge on any atom is 0.309 e. The third kappa shape index (κ3) is 4.42. The maximum absolute atomic E-state index is 10.8. The molecule has 0 unspecified atom stereocenters. The molecule has 25 heavy (non-hydrogen) atoms. The molecule has 5 nitrogen and oxygen atoms in total. The number of aryl methyl sites for hydroxylation is 1. The van der Waals surface area contributed by atoms with Crippen LogP contribution in [0.5, 0.6) is 5.75 Å². The molecule has 0 saturated carbocycles. The van der Waals surface area contributed by atoms with Crippen molar-refractivity contribution in [1.82, 2.24) is 9.88 Å². The van der Waals surface area contributed by atoms with E-state index >= 15 is 0 Å². The highest BCUT2D eigenvalue weighted by atomic mass is 35.5. The monoisotopic (exact) mass is 380 g/mol. The van der Waals surface area contributed by atoms with E-state index in [0.29, 0.717) is 42.0 Å².